The Balaban J connectivity index is 1.82. The first-order chi connectivity index (χ1) is 7.66. The van der Waals surface area contributed by atoms with Crippen molar-refractivity contribution in [2.24, 2.45) is 0 Å². The van der Waals surface area contributed by atoms with Gasteiger partial charge in [-0.15, -0.1) is 0 Å². The van der Waals surface area contributed by atoms with Crippen molar-refractivity contribution in [1.29, 1.82) is 0 Å². The normalized spacial score (nSPS) is 36.5. The van der Waals surface area contributed by atoms with Gasteiger partial charge in [0.25, 0.3) is 0 Å². The highest BCUT2D eigenvalue weighted by atomic mass is 16.3. The second kappa shape index (κ2) is 5.15. The van der Waals surface area contributed by atoms with Crippen LogP contribution in [0, 0.1) is 0 Å². The van der Waals surface area contributed by atoms with E-state index < -0.39 is 0 Å². The lowest BCUT2D eigenvalue weighted by Gasteiger charge is -2.36. The molecule has 0 aromatic carbocycles. The van der Waals surface area contributed by atoms with Crippen LogP contribution in [0.3, 0.4) is 0 Å². The number of nitrogens with zero attached hydrogens (tertiary/aromatic N) is 1. The van der Waals surface area contributed by atoms with Gasteiger partial charge in [0.1, 0.15) is 0 Å². The Hall–Kier alpha value is -0.610. The fraction of sp³-hybridized carbons (Fsp3) is 0.917. The highest BCUT2D eigenvalue weighted by Crippen LogP contribution is 2.20. The zero-order valence-corrected chi connectivity index (χ0v) is 9.98. The first-order valence-electron chi connectivity index (χ1n) is 6.35. The average Bonchev–Trinajstić information content (AvgIpc) is 2.27. The van der Waals surface area contributed by atoms with E-state index in [4.69, 9.17) is 0 Å². The molecular weight excluding hydrogens is 204 g/mol. The van der Waals surface area contributed by atoms with Crippen molar-refractivity contribution in [3.05, 3.63) is 0 Å². The van der Waals surface area contributed by atoms with E-state index >= 15 is 0 Å². The molecule has 2 N–H and O–H groups in total. The highest BCUT2D eigenvalue weighted by molar-refractivity contribution is 5.76. The fourth-order valence-corrected chi connectivity index (χ4v) is 2.76. The molecule has 0 bridgehead atoms. The summed E-state index contributed by atoms with van der Waals surface area (Å²) in [4.78, 5) is 13.1. The van der Waals surface area contributed by atoms with Crippen molar-refractivity contribution in [2.75, 3.05) is 13.6 Å². The Morgan fingerprint density at radius 2 is 2.06 bits per heavy atom. The number of likely N-dealkylation sites (N-methyl/N-ethyl adjacent to an activating group) is 1. The second-order valence-electron chi connectivity index (χ2n) is 5.13. The van der Waals surface area contributed by atoms with Crippen molar-refractivity contribution < 1.29 is 9.90 Å². The lowest BCUT2D eigenvalue weighted by molar-refractivity contribution is -0.132. The number of carbonyl (C=O) groups excluding carboxylic acids is 1. The molecule has 4 nitrogen and oxygen atoms in total. The van der Waals surface area contributed by atoms with Crippen molar-refractivity contribution in [2.45, 2.75) is 56.7 Å². The molecule has 0 aromatic heterocycles. The minimum atomic E-state index is -0.198. The molecule has 1 saturated heterocycles. The molecule has 1 aliphatic heterocycles. The van der Waals surface area contributed by atoms with E-state index in [2.05, 4.69) is 5.32 Å². The van der Waals surface area contributed by atoms with Gasteiger partial charge in [0.2, 0.25) is 5.91 Å². The second-order valence-corrected chi connectivity index (χ2v) is 5.13. The molecule has 2 fully saturated rings. The number of piperidine rings is 1. The zero-order valence-electron chi connectivity index (χ0n) is 9.98. The minimum absolute atomic E-state index is 0.198. The number of hydrogen-bond donors (Lipinski definition) is 2. The number of carbonyl (C=O) groups is 1. The van der Waals surface area contributed by atoms with E-state index in [1.165, 1.54) is 6.42 Å². The van der Waals surface area contributed by atoms with E-state index in [1.807, 2.05) is 7.05 Å². The summed E-state index contributed by atoms with van der Waals surface area (Å²) < 4.78 is 0. The maximum absolute atomic E-state index is 11.3. The molecular formula is C12H22N2O2. The van der Waals surface area contributed by atoms with Crippen LogP contribution in [0.1, 0.15) is 38.5 Å². The third-order valence-corrected chi connectivity index (χ3v) is 3.81. The van der Waals surface area contributed by atoms with E-state index in [9.17, 15) is 9.90 Å². The lowest BCUT2D eigenvalue weighted by atomic mass is 9.91. The minimum Gasteiger partial charge on any atom is -0.392 e. The molecule has 3 atom stereocenters. The summed E-state index contributed by atoms with van der Waals surface area (Å²) in [6, 6.07) is 0.598. The zero-order chi connectivity index (χ0) is 11.5. The van der Waals surface area contributed by atoms with Gasteiger partial charge in [0.05, 0.1) is 6.10 Å². The lowest BCUT2D eigenvalue weighted by Crippen LogP contribution is -2.53. The van der Waals surface area contributed by atoms with E-state index in [1.54, 1.807) is 4.90 Å². The van der Waals surface area contributed by atoms with Gasteiger partial charge in [-0.25, -0.2) is 0 Å². The van der Waals surface area contributed by atoms with Gasteiger partial charge in [-0.2, -0.15) is 0 Å². The summed E-state index contributed by atoms with van der Waals surface area (Å²) >= 11 is 0. The SMILES string of the molecule is CN1CC(NC2CCCCC2O)CCC1=O. The quantitative estimate of drug-likeness (QED) is 0.721. The van der Waals surface area contributed by atoms with Crippen LogP contribution in [0.5, 0.6) is 0 Å². The summed E-state index contributed by atoms with van der Waals surface area (Å²) in [5.41, 5.74) is 0. The fourth-order valence-electron chi connectivity index (χ4n) is 2.76. The highest BCUT2D eigenvalue weighted by Gasteiger charge is 2.28. The molecule has 92 valence electrons. The van der Waals surface area contributed by atoms with Gasteiger partial charge in [-0.3, -0.25) is 4.79 Å². The first kappa shape index (κ1) is 11.9. The van der Waals surface area contributed by atoms with Gasteiger partial charge in [-0.1, -0.05) is 12.8 Å². The summed E-state index contributed by atoms with van der Waals surface area (Å²) in [5, 5.41) is 13.4. The van der Waals surface area contributed by atoms with E-state index in [0.29, 0.717) is 12.5 Å². The number of likely N-dealkylation sites (tertiary alicyclic amines) is 1. The predicted molar refractivity (Wildman–Crippen MR) is 62.1 cm³/mol. The van der Waals surface area contributed by atoms with Crippen LogP contribution in [0.15, 0.2) is 0 Å². The van der Waals surface area contributed by atoms with E-state index in [-0.39, 0.29) is 18.1 Å². The summed E-state index contributed by atoms with van der Waals surface area (Å²) in [6.07, 6.45) is 5.67. The summed E-state index contributed by atoms with van der Waals surface area (Å²) in [6.45, 7) is 0.780. The van der Waals surface area contributed by atoms with E-state index in [0.717, 1.165) is 32.2 Å². The number of rotatable bonds is 2. The molecule has 4 heteroatoms. The molecule has 16 heavy (non-hydrogen) atoms. The number of aliphatic hydroxyl groups is 1. The molecule has 1 heterocycles. The maximum atomic E-state index is 11.3. The third-order valence-electron chi connectivity index (χ3n) is 3.81. The van der Waals surface area contributed by atoms with Crippen molar-refractivity contribution in [1.82, 2.24) is 10.2 Å². The van der Waals surface area contributed by atoms with Crippen LogP contribution in [0.2, 0.25) is 0 Å². The Labute approximate surface area is 97.0 Å². The Morgan fingerprint density at radius 3 is 2.75 bits per heavy atom. The number of nitrogens with one attached hydrogen (secondary N) is 1. The molecule has 0 aromatic rings. The molecule has 3 unspecified atom stereocenters. The Morgan fingerprint density at radius 1 is 1.31 bits per heavy atom. The van der Waals surface area contributed by atoms with Gasteiger partial charge in [0.15, 0.2) is 0 Å². The summed E-state index contributed by atoms with van der Waals surface area (Å²) in [5.74, 6) is 0.238. The number of hydrogen-bond acceptors (Lipinski definition) is 3. The average molecular weight is 226 g/mol. The standard InChI is InChI=1S/C12H22N2O2/c1-14-8-9(6-7-12(14)16)13-10-4-2-3-5-11(10)15/h9-11,13,15H,2-8H2,1H3. The van der Waals surface area contributed by atoms with Gasteiger partial charge in [0, 0.05) is 32.1 Å². The molecule has 0 spiro atoms. The van der Waals surface area contributed by atoms with Crippen molar-refractivity contribution in [3.8, 4) is 0 Å². The molecule has 1 saturated carbocycles. The molecule has 1 aliphatic carbocycles. The van der Waals surface area contributed by atoms with Gasteiger partial charge in [-0.05, 0) is 19.3 Å². The van der Waals surface area contributed by atoms with Crippen LogP contribution in [-0.4, -0.2) is 47.7 Å². The Kier molecular flexibility index (Phi) is 3.82. The molecule has 0 radical (unpaired) electrons. The van der Waals surface area contributed by atoms with Crippen LogP contribution in [0.25, 0.3) is 0 Å². The van der Waals surface area contributed by atoms with Crippen molar-refractivity contribution in [3.63, 3.8) is 0 Å². The third kappa shape index (κ3) is 2.74. The largest absolute Gasteiger partial charge is 0.392 e. The number of aliphatic hydroxyl groups excluding tert-OH is 1. The van der Waals surface area contributed by atoms with Gasteiger partial charge < -0.3 is 15.3 Å². The van der Waals surface area contributed by atoms with Crippen LogP contribution >= 0.6 is 0 Å². The van der Waals surface area contributed by atoms with Crippen LogP contribution < -0.4 is 5.32 Å². The molecule has 2 aliphatic rings. The molecule has 1 amide bonds. The predicted octanol–water partition coefficient (Wildman–Crippen LogP) is 0.500. The van der Waals surface area contributed by atoms with Crippen LogP contribution in [-0.2, 0) is 4.79 Å². The topological polar surface area (TPSA) is 52.6 Å². The van der Waals surface area contributed by atoms with Gasteiger partial charge >= 0.3 is 0 Å². The first-order valence-corrected chi connectivity index (χ1v) is 6.35. The number of amides is 1. The smallest absolute Gasteiger partial charge is 0.222 e. The summed E-state index contributed by atoms with van der Waals surface area (Å²) in [7, 11) is 1.85. The molecule has 2 rings (SSSR count). The maximum Gasteiger partial charge on any atom is 0.222 e. The van der Waals surface area contributed by atoms with Crippen molar-refractivity contribution >= 4 is 5.91 Å². The monoisotopic (exact) mass is 226 g/mol. The van der Waals surface area contributed by atoms with Crippen LogP contribution in [0.4, 0.5) is 0 Å². The Bertz CT molecular complexity index is 257.